The molecule has 70 heavy (non-hydrogen) atoms. The zero-order chi connectivity index (χ0) is 42.2. The molecule has 11 aliphatic carbocycles. The van der Waals surface area contributed by atoms with Crippen molar-refractivity contribution in [2.75, 3.05) is 54.4 Å². The molecule has 2 aliphatic heterocycles. The second-order valence-electron chi connectivity index (χ2n) is 29.5. The van der Waals surface area contributed by atoms with Crippen LogP contribution in [-0.2, 0) is 21.7 Å². The molecular weight excluding hydrogens is 845 g/mol. The molecule has 0 amide bonds. The molecule has 2 saturated heterocycles. The van der Waals surface area contributed by atoms with Crippen molar-refractivity contribution >= 4 is 232 Å². The molecule has 6 unspecified atom stereocenters. The predicted molar refractivity (Wildman–Crippen MR) is 286 cm³/mol. The van der Waals surface area contributed by atoms with Gasteiger partial charge in [0, 0.05) is 11.8 Å². The van der Waals surface area contributed by atoms with Crippen molar-refractivity contribution in [2.24, 2.45) is 0 Å². The van der Waals surface area contributed by atoms with Gasteiger partial charge in [0.25, 0.3) is 0 Å². The quantitative estimate of drug-likeness (QED) is 0.105. The minimum Gasteiger partial charge on any atom is -0.326 e. The van der Waals surface area contributed by atoms with E-state index < -0.39 is 0 Å². The second-order valence-corrected chi connectivity index (χ2v) is 29.5. The maximum Gasteiger partial charge on any atom is 0.0937 e. The molecular formula is C68H22N2+2. The highest BCUT2D eigenvalue weighted by Crippen LogP contribution is 2.89. The maximum atomic E-state index is 2.69. The monoisotopic (exact) mass is 866 g/mol. The summed E-state index contributed by atoms with van der Waals surface area (Å²) in [6.07, 6.45) is 0. The van der Waals surface area contributed by atoms with Gasteiger partial charge in [-0.25, -0.2) is 0 Å². The summed E-state index contributed by atoms with van der Waals surface area (Å²) >= 11 is 0. The van der Waals surface area contributed by atoms with Crippen LogP contribution in [0.1, 0.15) is 67.5 Å². The summed E-state index contributed by atoms with van der Waals surface area (Å²) in [5.74, 6) is 0.855. The third kappa shape index (κ3) is 1.35. The third-order valence-electron chi connectivity index (χ3n) is 28.0. The van der Waals surface area contributed by atoms with Crippen molar-refractivity contribution in [3.63, 3.8) is 0 Å². The van der Waals surface area contributed by atoms with E-state index in [-0.39, 0.29) is 21.7 Å². The molecule has 0 bridgehead atoms. The van der Waals surface area contributed by atoms with Crippen LogP contribution in [0.3, 0.4) is 0 Å². The number of rotatable bonds is 0. The highest BCUT2D eigenvalue weighted by atomic mass is 15.4. The van der Waals surface area contributed by atoms with Crippen molar-refractivity contribution in [3.05, 3.63) is 60.9 Å². The van der Waals surface area contributed by atoms with E-state index in [1.807, 2.05) is 66.4 Å². The molecule has 13 aliphatic rings. The first-order valence-corrected chi connectivity index (χ1v) is 27.2. The van der Waals surface area contributed by atoms with Crippen molar-refractivity contribution in [3.8, 4) is 0 Å². The van der Waals surface area contributed by atoms with E-state index in [2.05, 4.69) is 28.2 Å². The van der Waals surface area contributed by atoms with Crippen molar-refractivity contribution in [1.82, 2.24) is 0 Å². The Kier molecular flexibility index (Phi) is 2.17. The average Bonchev–Trinajstić information content (AvgIpc) is 4.34. The average molecular weight is 867 g/mol. The lowest BCUT2D eigenvalue weighted by molar-refractivity contribution is -0.880. The third-order valence-corrected chi connectivity index (χ3v) is 28.0. The van der Waals surface area contributed by atoms with Gasteiger partial charge in [-0.15, -0.1) is 0 Å². The fourth-order valence-electron chi connectivity index (χ4n) is 29.1. The first-order valence-electron chi connectivity index (χ1n) is 27.2. The highest BCUT2D eigenvalue weighted by Gasteiger charge is 2.81. The van der Waals surface area contributed by atoms with Crippen LogP contribution in [0.15, 0.2) is 0 Å². The molecule has 2 heterocycles. The zero-order valence-corrected chi connectivity index (χ0v) is 37.9. The summed E-state index contributed by atoms with van der Waals surface area (Å²) in [5.41, 5.74) is 20.3. The van der Waals surface area contributed by atoms with Crippen LogP contribution in [0.25, 0.3) is 232 Å². The number of hydrogen-bond acceptors (Lipinski definition) is 0. The molecule has 6 atom stereocenters. The Morgan fingerprint density at radius 1 is 0.229 bits per heavy atom. The van der Waals surface area contributed by atoms with Gasteiger partial charge in [-0.05, 0) is 293 Å². The van der Waals surface area contributed by atoms with Crippen LogP contribution in [-0.4, -0.2) is 63.3 Å². The number of benzene rings is 14. The fraction of sp³-hybridized carbons (Fsp3) is 0.206. The molecule has 302 valence electrons. The van der Waals surface area contributed by atoms with Gasteiger partial charge in [0.05, 0.1) is 76.0 Å². The van der Waals surface area contributed by atoms with Gasteiger partial charge in [-0.3, -0.25) is 0 Å². The summed E-state index contributed by atoms with van der Waals surface area (Å²) in [6.45, 7) is 4.88. The molecule has 21 aromatic carbocycles. The Morgan fingerprint density at radius 2 is 0.471 bits per heavy atom. The molecule has 21 aromatic rings. The Morgan fingerprint density at radius 3 is 0.900 bits per heavy atom. The van der Waals surface area contributed by atoms with Gasteiger partial charge < -0.3 is 8.97 Å². The first-order chi connectivity index (χ1) is 34.3. The van der Waals surface area contributed by atoms with E-state index >= 15 is 0 Å². The normalized spacial score (nSPS) is 32.5. The van der Waals surface area contributed by atoms with E-state index in [0.29, 0.717) is 11.8 Å². The summed E-state index contributed by atoms with van der Waals surface area (Å²) in [5, 5.41) is 75.7. The predicted octanol–water partition coefficient (Wildman–Crippen LogP) is 13.5. The minimum atomic E-state index is -0.0898. The smallest absolute Gasteiger partial charge is 0.0937 e. The van der Waals surface area contributed by atoms with Crippen molar-refractivity contribution in [1.29, 1.82) is 0 Å². The fourth-order valence-corrected chi connectivity index (χ4v) is 29.1. The molecule has 0 N–H and O–H groups in total. The number of likely N-dealkylation sites (N-methyl/N-ethyl adjacent to an activating group) is 2. The molecule has 2 nitrogen and oxygen atoms in total. The van der Waals surface area contributed by atoms with Crippen LogP contribution in [0.2, 0.25) is 0 Å². The van der Waals surface area contributed by atoms with Gasteiger partial charge in [0.1, 0.15) is 0 Å². The van der Waals surface area contributed by atoms with Gasteiger partial charge in [-0.2, -0.15) is 0 Å². The van der Waals surface area contributed by atoms with Crippen LogP contribution in [0.4, 0.5) is 0 Å². The Labute approximate surface area is 387 Å². The molecule has 0 saturated carbocycles. The topological polar surface area (TPSA) is 0 Å². The second kappa shape index (κ2) is 5.69. The van der Waals surface area contributed by atoms with Gasteiger partial charge in [0.2, 0.25) is 0 Å². The van der Waals surface area contributed by atoms with E-state index in [4.69, 9.17) is 0 Å². The van der Waals surface area contributed by atoms with Gasteiger partial charge >= 0.3 is 0 Å². The lowest BCUT2D eigenvalue weighted by atomic mass is 9.49. The first kappa shape index (κ1) is 26.8. The minimum absolute atomic E-state index is 0.0456. The highest BCUT2D eigenvalue weighted by molar-refractivity contribution is 6.74. The van der Waals surface area contributed by atoms with E-state index in [1.165, 1.54) is 26.2 Å². The SMILES string of the molecule is C[N+]1(C)CC23C4=c5c6c7c8c9c%10c%11c%12c%13c9c9c%14c%15c%16c%17c%18c%19c(c%12c%12c%11c(c2c2c%11c%20c%21c%22c(c5c5c6c6c8c9c8c%15c9c%16c%15c%18c(c%11c%19c2%12)c%21c%15c2c%22c5c(c68)c92)C%203C1)C4C%107)C%171C[N+](C)(C)CC%13%141. The number of quaternary nitrogens is 2. The van der Waals surface area contributed by atoms with E-state index in [9.17, 15) is 0 Å². The largest absolute Gasteiger partial charge is 0.326 e. The number of hydrogen-bond donors (Lipinski definition) is 0. The molecule has 0 radical (unpaired) electrons. The summed E-state index contributed by atoms with van der Waals surface area (Å²) in [4.78, 5) is 0. The summed E-state index contributed by atoms with van der Waals surface area (Å²) < 4.78 is 2.20. The summed E-state index contributed by atoms with van der Waals surface area (Å²) in [7, 11) is 10.7. The van der Waals surface area contributed by atoms with Crippen molar-refractivity contribution < 1.29 is 8.97 Å². The molecule has 0 aromatic heterocycles. The van der Waals surface area contributed by atoms with Crippen LogP contribution in [0.5, 0.6) is 0 Å². The summed E-state index contributed by atoms with van der Waals surface area (Å²) in [6, 6.07) is 0. The number of likely N-dealkylation sites (tertiary alicyclic amines) is 2. The van der Waals surface area contributed by atoms with E-state index in [0.717, 1.165) is 8.97 Å². The van der Waals surface area contributed by atoms with E-state index in [1.54, 1.807) is 226 Å². The standard InChI is InChI=1S/C68H22N2/c1-69(2)5-65-57-41-25-13-11-9-10-12-14-16-21-31-19(12)29(17(9)25)45(57)47(31)59-49-33(21)24-28(16)44-42-26(14)18(10)30-20(11)32-22-15(13)27-23-34(22)50-54-38-35(23)51(61(65)43(27)41)55-39(38)40-37(53(49)63(55)67(59,65)7-69)36(24)52-56(40)64(54)68-8-70(3,4)6-66(68,62(44)52)58(42)46(30)48(32)60(50)68/h33,49H,5-8H2,1-4H3/q+2. The van der Waals surface area contributed by atoms with Crippen LogP contribution >= 0.6 is 0 Å². The lowest BCUT2D eigenvalue weighted by Gasteiger charge is -2.48. The lowest BCUT2D eigenvalue weighted by Crippen LogP contribution is -2.53. The Hall–Kier alpha value is -7.10. The number of nitrogens with zero attached hydrogens (tertiary/aromatic N) is 2. The molecule has 2 heteroatoms. The van der Waals surface area contributed by atoms with Crippen LogP contribution < -0.4 is 5.22 Å². The van der Waals surface area contributed by atoms with Crippen molar-refractivity contribution in [2.45, 2.75) is 33.5 Å². The molecule has 34 rings (SSSR count). The van der Waals surface area contributed by atoms with Gasteiger partial charge in [-0.1, -0.05) is 0 Å². The Balaban J connectivity index is 1.19. The molecule has 4 spiro atoms. The maximum absolute atomic E-state index is 2.69. The molecule has 2 fully saturated rings. The zero-order valence-electron chi connectivity index (χ0n) is 37.9. The Bertz CT molecular complexity index is 7050. The van der Waals surface area contributed by atoms with Crippen LogP contribution in [0, 0.1) is 0 Å². The van der Waals surface area contributed by atoms with Gasteiger partial charge in [0.15, 0.2) is 0 Å².